The summed E-state index contributed by atoms with van der Waals surface area (Å²) in [4.78, 5) is 25.4. The van der Waals surface area contributed by atoms with Crippen LogP contribution in [0.3, 0.4) is 0 Å². The highest BCUT2D eigenvalue weighted by Crippen LogP contribution is 2.23. The molecule has 2 rings (SSSR count). The fourth-order valence-corrected chi connectivity index (χ4v) is 2.54. The molecule has 0 radical (unpaired) electrons. The first-order valence-electron chi connectivity index (χ1n) is 8.56. The Hall–Kier alpha value is -2.69. The minimum absolute atomic E-state index is 0.0354. The fourth-order valence-electron chi connectivity index (χ4n) is 2.54. The van der Waals surface area contributed by atoms with Crippen LogP contribution in [-0.4, -0.2) is 23.3 Å². The van der Waals surface area contributed by atoms with Crippen molar-refractivity contribution in [3.63, 3.8) is 0 Å². The zero-order valence-electron chi connectivity index (χ0n) is 15.7. The van der Waals surface area contributed by atoms with E-state index in [1.165, 1.54) is 23.5 Å². The summed E-state index contributed by atoms with van der Waals surface area (Å²) >= 11 is 0. The number of carbonyl (C=O) groups is 2. The number of benzene rings is 2. The average molecular weight is 356 g/mol. The normalized spacial score (nSPS) is 11.1. The van der Waals surface area contributed by atoms with E-state index in [2.05, 4.69) is 26.1 Å². The summed E-state index contributed by atoms with van der Waals surface area (Å²) < 4.78 is 13.8. The van der Waals surface area contributed by atoms with Crippen LogP contribution < -0.4 is 5.32 Å². The molecule has 0 unspecified atom stereocenters. The zero-order valence-corrected chi connectivity index (χ0v) is 15.7. The second kappa shape index (κ2) is 8.13. The van der Waals surface area contributed by atoms with Gasteiger partial charge in [0.1, 0.15) is 12.4 Å². The van der Waals surface area contributed by atoms with Crippen LogP contribution >= 0.6 is 0 Å². The minimum Gasteiger partial charge on any atom is -0.329 e. The van der Waals surface area contributed by atoms with Gasteiger partial charge in [0.05, 0.1) is 0 Å². The Morgan fingerprint density at radius 2 is 1.65 bits per heavy atom. The number of anilines is 1. The van der Waals surface area contributed by atoms with Gasteiger partial charge in [-0.2, -0.15) is 0 Å². The standard InChI is InChI=1S/C21H25FN2O2/c1-15(25)24(13-16-7-5-6-8-19(16)22)14-20(26)23-18-11-9-17(10-12-18)21(2,3)4/h5-12H,13-14H2,1-4H3,(H,23,26). The van der Waals surface area contributed by atoms with Crippen LogP contribution in [0.15, 0.2) is 48.5 Å². The molecule has 0 saturated carbocycles. The Bertz CT molecular complexity index is 779. The number of hydrogen-bond acceptors (Lipinski definition) is 2. The van der Waals surface area contributed by atoms with Crippen LogP contribution in [0.5, 0.6) is 0 Å². The molecule has 0 saturated heterocycles. The van der Waals surface area contributed by atoms with E-state index < -0.39 is 5.82 Å². The molecule has 138 valence electrons. The highest BCUT2D eigenvalue weighted by molar-refractivity contribution is 5.94. The van der Waals surface area contributed by atoms with Crippen molar-refractivity contribution >= 4 is 17.5 Å². The molecule has 4 nitrogen and oxygen atoms in total. The molecule has 0 heterocycles. The maximum Gasteiger partial charge on any atom is 0.244 e. The predicted octanol–water partition coefficient (Wildman–Crippen LogP) is 4.11. The number of rotatable bonds is 5. The van der Waals surface area contributed by atoms with Gasteiger partial charge in [0.2, 0.25) is 11.8 Å². The van der Waals surface area contributed by atoms with E-state index in [0.29, 0.717) is 11.3 Å². The van der Waals surface area contributed by atoms with Crippen LogP contribution in [0.25, 0.3) is 0 Å². The van der Waals surface area contributed by atoms with Gasteiger partial charge in [-0.3, -0.25) is 9.59 Å². The zero-order chi connectivity index (χ0) is 19.3. The molecule has 0 aromatic heterocycles. The van der Waals surface area contributed by atoms with Crippen LogP contribution in [0.4, 0.5) is 10.1 Å². The third-order valence-electron chi connectivity index (χ3n) is 4.13. The molecule has 1 N–H and O–H groups in total. The second-order valence-electron chi connectivity index (χ2n) is 7.34. The fraction of sp³-hybridized carbons (Fsp3) is 0.333. The summed E-state index contributed by atoms with van der Waals surface area (Å²) in [6.45, 7) is 7.64. The molecule has 0 atom stereocenters. The van der Waals surface area contributed by atoms with Gasteiger partial charge in [0.25, 0.3) is 0 Å². The van der Waals surface area contributed by atoms with E-state index in [9.17, 15) is 14.0 Å². The monoisotopic (exact) mass is 356 g/mol. The third kappa shape index (κ3) is 5.41. The van der Waals surface area contributed by atoms with E-state index in [1.54, 1.807) is 18.2 Å². The minimum atomic E-state index is -0.392. The van der Waals surface area contributed by atoms with Crippen molar-refractivity contribution in [3.05, 3.63) is 65.5 Å². The van der Waals surface area contributed by atoms with Crippen molar-refractivity contribution in [1.82, 2.24) is 4.90 Å². The molecule has 0 fully saturated rings. The Kier molecular flexibility index (Phi) is 6.14. The van der Waals surface area contributed by atoms with Crippen molar-refractivity contribution < 1.29 is 14.0 Å². The largest absolute Gasteiger partial charge is 0.329 e. The van der Waals surface area contributed by atoms with E-state index in [0.717, 1.165) is 0 Å². The Morgan fingerprint density at radius 3 is 2.19 bits per heavy atom. The first-order valence-corrected chi connectivity index (χ1v) is 8.56. The number of carbonyl (C=O) groups excluding carboxylic acids is 2. The lowest BCUT2D eigenvalue weighted by atomic mass is 9.87. The molecule has 5 heteroatoms. The van der Waals surface area contributed by atoms with Crippen LogP contribution in [0.2, 0.25) is 0 Å². The summed E-state index contributed by atoms with van der Waals surface area (Å²) in [5.74, 6) is -0.997. The summed E-state index contributed by atoms with van der Waals surface area (Å²) in [5, 5.41) is 2.78. The van der Waals surface area contributed by atoms with Gasteiger partial charge in [-0.25, -0.2) is 4.39 Å². The Morgan fingerprint density at radius 1 is 1.04 bits per heavy atom. The lowest BCUT2D eigenvalue weighted by Gasteiger charge is -2.21. The molecule has 0 aliphatic carbocycles. The highest BCUT2D eigenvalue weighted by atomic mass is 19.1. The van der Waals surface area contributed by atoms with Gasteiger partial charge in [0, 0.05) is 24.7 Å². The molecule has 0 spiro atoms. The van der Waals surface area contributed by atoms with Gasteiger partial charge in [-0.1, -0.05) is 51.1 Å². The van der Waals surface area contributed by atoms with Crippen molar-refractivity contribution in [2.75, 3.05) is 11.9 Å². The maximum atomic E-state index is 13.8. The smallest absolute Gasteiger partial charge is 0.244 e. The van der Waals surface area contributed by atoms with Gasteiger partial charge in [-0.15, -0.1) is 0 Å². The summed E-state index contributed by atoms with van der Waals surface area (Å²) in [7, 11) is 0. The first-order chi connectivity index (χ1) is 12.2. The van der Waals surface area contributed by atoms with Gasteiger partial charge in [0.15, 0.2) is 0 Å². The molecule has 2 aromatic rings. The van der Waals surface area contributed by atoms with Crippen molar-refractivity contribution in [2.45, 2.75) is 39.7 Å². The molecule has 0 bridgehead atoms. The van der Waals surface area contributed by atoms with Crippen LogP contribution in [0.1, 0.15) is 38.8 Å². The summed E-state index contributed by atoms with van der Waals surface area (Å²) in [6, 6.07) is 13.9. The first kappa shape index (κ1) is 19.6. The average Bonchev–Trinajstić information content (AvgIpc) is 2.55. The van der Waals surface area contributed by atoms with Crippen LogP contribution in [-0.2, 0) is 21.5 Å². The van der Waals surface area contributed by atoms with E-state index in [4.69, 9.17) is 0 Å². The predicted molar refractivity (Wildman–Crippen MR) is 101 cm³/mol. The summed E-state index contributed by atoms with van der Waals surface area (Å²) in [6.07, 6.45) is 0. The molecular formula is C21H25FN2O2. The number of nitrogens with zero attached hydrogens (tertiary/aromatic N) is 1. The molecule has 26 heavy (non-hydrogen) atoms. The number of nitrogens with one attached hydrogen (secondary N) is 1. The Balaban J connectivity index is 2.02. The van der Waals surface area contributed by atoms with Crippen molar-refractivity contribution in [2.24, 2.45) is 0 Å². The SMILES string of the molecule is CC(=O)N(CC(=O)Nc1ccc(C(C)(C)C)cc1)Cc1ccccc1F. The van der Waals surface area contributed by atoms with Gasteiger partial charge >= 0.3 is 0 Å². The second-order valence-corrected chi connectivity index (χ2v) is 7.34. The molecule has 0 aliphatic heterocycles. The van der Waals surface area contributed by atoms with E-state index >= 15 is 0 Å². The number of amides is 2. The molecular weight excluding hydrogens is 331 g/mol. The van der Waals surface area contributed by atoms with Gasteiger partial charge in [-0.05, 0) is 29.2 Å². The highest BCUT2D eigenvalue weighted by Gasteiger charge is 2.17. The lowest BCUT2D eigenvalue weighted by Crippen LogP contribution is -2.36. The van der Waals surface area contributed by atoms with Crippen LogP contribution in [0, 0.1) is 5.82 Å². The molecule has 0 aliphatic rings. The number of halogens is 1. The topological polar surface area (TPSA) is 49.4 Å². The number of hydrogen-bond donors (Lipinski definition) is 1. The molecule has 2 amide bonds. The van der Waals surface area contributed by atoms with E-state index in [1.807, 2.05) is 24.3 Å². The van der Waals surface area contributed by atoms with Crippen molar-refractivity contribution in [1.29, 1.82) is 0 Å². The van der Waals surface area contributed by atoms with E-state index in [-0.39, 0.29) is 30.3 Å². The quantitative estimate of drug-likeness (QED) is 0.876. The van der Waals surface area contributed by atoms with Crippen molar-refractivity contribution in [3.8, 4) is 0 Å². The lowest BCUT2D eigenvalue weighted by molar-refractivity contribution is -0.133. The summed E-state index contributed by atoms with van der Waals surface area (Å²) in [5.41, 5.74) is 2.25. The molecule has 2 aromatic carbocycles. The van der Waals surface area contributed by atoms with Gasteiger partial charge < -0.3 is 10.2 Å². The third-order valence-corrected chi connectivity index (χ3v) is 4.13. The maximum absolute atomic E-state index is 13.8. The Labute approximate surface area is 154 Å².